The molecule has 0 saturated heterocycles. The molecule has 1 rings (SSSR count). The summed E-state index contributed by atoms with van der Waals surface area (Å²) in [5.41, 5.74) is 1.48. The van der Waals surface area contributed by atoms with Gasteiger partial charge >= 0.3 is 5.97 Å². The quantitative estimate of drug-likeness (QED) is 0.542. The minimum Gasteiger partial charge on any atom is -0.463 e. The van der Waals surface area contributed by atoms with E-state index in [1.54, 1.807) is 32.3 Å². The third-order valence-electron chi connectivity index (χ3n) is 1.66. The molecule has 0 saturated carbocycles. The predicted molar refractivity (Wildman–Crippen MR) is 54.5 cm³/mol. The van der Waals surface area contributed by atoms with E-state index in [1.807, 2.05) is 12.1 Å². The van der Waals surface area contributed by atoms with Crippen LogP contribution in [0.2, 0.25) is 0 Å². The van der Waals surface area contributed by atoms with Gasteiger partial charge in [0.15, 0.2) is 0 Å². The molecule has 0 amide bonds. The average molecular weight is 191 g/mol. The summed E-state index contributed by atoms with van der Waals surface area (Å²) in [7, 11) is 0. The fraction of sp³-hybridized carbons (Fsp3) is 0.273. The molecule has 0 fully saturated rings. The molecular weight excluding hydrogens is 178 g/mol. The Labute approximate surface area is 83.4 Å². The monoisotopic (exact) mass is 191 g/mol. The van der Waals surface area contributed by atoms with Crippen LogP contribution in [-0.2, 0) is 9.53 Å². The maximum absolute atomic E-state index is 11.2. The number of hydrogen-bond donors (Lipinski definition) is 0. The van der Waals surface area contributed by atoms with E-state index in [-0.39, 0.29) is 5.97 Å². The largest absolute Gasteiger partial charge is 0.463 e. The van der Waals surface area contributed by atoms with Crippen LogP contribution in [0.25, 0.3) is 6.08 Å². The van der Waals surface area contributed by atoms with Gasteiger partial charge in [0, 0.05) is 18.0 Å². The van der Waals surface area contributed by atoms with Gasteiger partial charge in [0.05, 0.1) is 6.61 Å². The summed E-state index contributed by atoms with van der Waals surface area (Å²) < 4.78 is 4.85. The summed E-state index contributed by atoms with van der Waals surface area (Å²) in [5, 5.41) is 0. The van der Waals surface area contributed by atoms with E-state index in [0.717, 1.165) is 5.56 Å². The molecule has 74 valence electrons. The average Bonchev–Trinajstić information content (AvgIpc) is 2.19. The first-order valence-electron chi connectivity index (χ1n) is 4.49. The number of nitrogens with zero attached hydrogens (tertiary/aromatic N) is 1. The Morgan fingerprint density at radius 1 is 1.64 bits per heavy atom. The number of rotatable bonds is 3. The van der Waals surface area contributed by atoms with Crippen molar-refractivity contribution in [1.82, 2.24) is 4.98 Å². The van der Waals surface area contributed by atoms with Gasteiger partial charge in [-0.25, -0.2) is 4.79 Å². The highest BCUT2D eigenvalue weighted by molar-refractivity contribution is 5.92. The zero-order valence-corrected chi connectivity index (χ0v) is 8.36. The van der Waals surface area contributed by atoms with Crippen molar-refractivity contribution >= 4 is 12.0 Å². The Morgan fingerprint density at radius 2 is 2.43 bits per heavy atom. The number of hydrogen-bond acceptors (Lipinski definition) is 3. The molecule has 0 atom stereocenters. The van der Waals surface area contributed by atoms with Gasteiger partial charge in [0.25, 0.3) is 0 Å². The van der Waals surface area contributed by atoms with Crippen molar-refractivity contribution < 1.29 is 9.53 Å². The summed E-state index contributed by atoms with van der Waals surface area (Å²) in [5.74, 6) is -0.281. The van der Waals surface area contributed by atoms with Crippen LogP contribution in [0, 0.1) is 0 Å². The number of carbonyl (C=O) groups excluding carboxylic acids is 1. The summed E-state index contributed by atoms with van der Waals surface area (Å²) >= 11 is 0. The second-order valence-electron chi connectivity index (χ2n) is 2.83. The SMILES string of the molecule is CCOC(=O)/C(C)=C\c1cccnc1. The molecule has 0 aliphatic rings. The molecule has 0 radical (unpaired) electrons. The van der Waals surface area contributed by atoms with Gasteiger partial charge < -0.3 is 4.74 Å². The summed E-state index contributed by atoms with van der Waals surface area (Å²) in [6, 6.07) is 3.71. The Kier molecular flexibility index (Phi) is 3.85. The van der Waals surface area contributed by atoms with Gasteiger partial charge in [-0.15, -0.1) is 0 Å². The fourth-order valence-corrected chi connectivity index (χ4v) is 1.02. The Morgan fingerprint density at radius 3 is 3.00 bits per heavy atom. The minimum absolute atomic E-state index is 0.281. The lowest BCUT2D eigenvalue weighted by molar-refractivity contribution is -0.138. The van der Waals surface area contributed by atoms with Gasteiger partial charge in [-0.05, 0) is 31.6 Å². The van der Waals surface area contributed by atoms with E-state index in [9.17, 15) is 4.79 Å². The highest BCUT2D eigenvalue weighted by Crippen LogP contribution is 2.05. The molecule has 0 aliphatic carbocycles. The van der Waals surface area contributed by atoms with E-state index >= 15 is 0 Å². The number of ether oxygens (including phenoxy) is 1. The predicted octanol–water partition coefficient (Wildman–Crippen LogP) is 2.05. The van der Waals surface area contributed by atoms with E-state index < -0.39 is 0 Å². The molecule has 0 unspecified atom stereocenters. The van der Waals surface area contributed by atoms with Crippen molar-refractivity contribution in [1.29, 1.82) is 0 Å². The van der Waals surface area contributed by atoms with Crippen molar-refractivity contribution in [3.63, 3.8) is 0 Å². The van der Waals surface area contributed by atoms with Gasteiger partial charge in [-0.2, -0.15) is 0 Å². The van der Waals surface area contributed by atoms with Crippen molar-refractivity contribution in [2.45, 2.75) is 13.8 Å². The Hall–Kier alpha value is -1.64. The van der Waals surface area contributed by atoms with E-state index in [2.05, 4.69) is 4.98 Å². The lowest BCUT2D eigenvalue weighted by Crippen LogP contribution is -2.04. The van der Waals surface area contributed by atoms with E-state index in [1.165, 1.54) is 0 Å². The van der Waals surface area contributed by atoms with Crippen LogP contribution in [0.1, 0.15) is 19.4 Å². The summed E-state index contributed by atoms with van der Waals surface area (Å²) in [6.45, 7) is 3.91. The highest BCUT2D eigenvalue weighted by Gasteiger charge is 2.03. The van der Waals surface area contributed by atoms with Crippen LogP contribution >= 0.6 is 0 Å². The molecule has 0 spiro atoms. The van der Waals surface area contributed by atoms with Gasteiger partial charge in [-0.1, -0.05) is 6.07 Å². The molecule has 0 aliphatic heterocycles. The van der Waals surface area contributed by atoms with E-state index in [4.69, 9.17) is 4.74 Å². The van der Waals surface area contributed by atoms with Crippen LogP contribution in [0.15, 0.2) is 30.1 Å². The van der Waals surface area contributed by atoms with Gasteiger partial charge in [0.1, 0.15) is 0 Å². The lowest BCUT2D eigenvalue weighted by atomic mass is 10.2. The first-order valence-corrected chi connectivity index (χ1v) is 4.49. The number of esters is 1. The zero-order chi connectivity index (χ0) is 10.4. The van der Waals surface area contributed by atoms with Gasteiger partial charge in [0.2, 0.25) is 0 Å². The van der Waals surface area contributed by atoms with Crippen molar-refractivity contribution in [3.8, 4) is 0 Å². The normalized spacial score (nSPS) is 11.1. The fourth-order valence-electron chi connectivity index (χ4n) is 1.02. The third-order valence-corrected chi connectivity index (χ3v) is 1.66. The zero-order valence-electron chi connectivity index (χ0n) is 8.36. The summed E-state index contributed by atoms with van der Waals surface area (Å²) in [6.07, 6.45) is 5.14. The second-order valence-corrected chi connectivity index (χ2v) is 2.83. The van der Waals surface area contributed by atoms with Crippen molar-refractivity contribution in [3.05, 3.63) is 35.7 Å². The molecule has 0 N–H and O–H groups in total. The molecular formula is C11H13NO2. The third kappa shape index (κ3) is 3.01. The smallest absolute Gasteiger partial charge is 0.333 e. The minimum atomic E-state index is -0.281. The van der Waals surface area contributed by atoms with Crippen LogP contribution in [0.4, 0.5) is 0 Å². The first-order chi connectivity index (χ1) is 6.74. The highest BCUT2D eigenvalue weighted by atomic mass is 16.5. The standard InChI is InChI=1S/C11H13NO2/c1-3-14-11(13)9(2)7-10-5-4-6-12-8-10/h4-8H,3H2,1-2H3/b9-7-. The first kappa shape index (κ1) is 10.4. The Bertz CT molecular complexity index is 330. The van der Waals surface area contributed by atoms with Gasteiger partial charge in [-0.3, -0.25) is 4.98 Å². The molecule has 3 heteroatoms. The molecule has 0 bridgehead atoms. The topological polar surface area (TPSA) is 39.2 Å². The molecule has 1 aromatic rings. The van der Waals surface area contributed by atoms with Crippen molar-refractivity contribution in [2.75, 3.05) is 6.61 Å². The molecule has 3 nitrogen and oxygen atoms in total. The van der Waals surface area contributed by atoms with Crippen LogP contribution in [0.3, 0.4) is 0 Å². The van der Waals surface area contributed by atoms with Crippen LogP contribution in [-0.4, -0.2) is 17.6 Å². The Balaban J connectivity index is 2.74. The van der Waals surface area contributed by atoms with Crippen LogP contribution in [0.5, 0.6) is 0 Å². The second kappa shape index (κ2) is 5.17. The molecule has 1 heterocycles. The van der Waals surface area contributed by atoms with Crippen molar-refractivity contribution in [2.24, 2.45) is 0 Å². The molecule has 1 aromatic heterocycles. The number of carbonyl (C=O) groups is 1. The molecule has 14 heavy (non-hydrogen) atoms. The maximum Gasteiger partial charge on any atom is 0.333 e. The molecule has 0 aromatic carbocycles. The number of pyridine rings is 1. The maximum atomic E-state index is 11.2. The lowest BCUT2D eigenvalue weighted by Gasteiger charge is -2.00. The summed E-state index contributed by atoms with van der Waals surface area (Å²) in [4.78, 5) is 15.2. The van der Waals surface area contributed by atoms with E-state index in [0.29, 0.717) is 12.2 Å². The number of aromatic nitrogens is 1. The van der Waals surface area contributed by atoms with Crippen LogP contribution < -0.4 is 0 Å².